The maximum absolute atomic E-state index is 10.0. The third-order valence-corrected chi connectivity index (χ3v) is 1.25. The molecule has 0 atom stereocenters. The van der Waals surface area contributed by atoms with Crippen molar-refractivity contribution in [3.05, 3.63) is 18.3 Å². The van der Waals surface area contributed by atoms with Crippen molar-refractivity contribution in [2.24, 2.45) is 0 Å². The summed E-state index contributed by atoms with van der Waals surface area (Å²) < 4.78 is 4.19. The minimum absolute atomic E-state index is 0.114. The van der Waals surface area contributed by atoms with Gasteiger partial charge < -0.3 is 19.9 Å². The predicted octanol–water partition coefficient (Wildman–Crippen LogP) is -1.18. The Labute approximate surface area is 73.6 Å². The first-order chi connectivity index (χ1) is 6.09. The minimum Gasteiger partial charge on any atom is -0.449 e. The number of ether oxygens (including phenoxy) is 1. The van der Waals surface area contributed by atoms with E-state index in [0.29, 0.717) is 0 Å². The van der Waals surface area contributed by atoms with Crippen molar-refractivity contribution in [1.82, 2.24) is 4.98 Å². The van der Waals surface area contributed by atoms with E-state index in [2.05, 4.69) is 9.72 Å². The first-order valence-electron chi connectivity index (χ1n) is 3.32. The third kappa shape index (κ3) is 2.73. The summed E-state index contributed by atoms with van der Waals surface area (Å²) in [5.74, 6) is -0.114. The molecule has 7 heteroatoms. The molecule has 0 bridgehead atoms. The van der Waals surface area contributed by atoms with E-state index in [1.54, 1.807) is 0 Å². The molecule has 0 aromatic carbocycles. The maximum atomic E-state index is 10.0. The summed E-state index contributed by atoms with van der Waals surface area (Å²) in [6.45, 7) is 0. The van der Waals surface area contributed by atoms with Crippen LogP contribution in [0.15, 0.2) is 18.3 Å². The van der Waals surface area contributed by atoms with Crippen LogP contribution >= 0.6 is 0 Å². The highest BCUT2D eigenvalue weighted by atomic mass is 16.7. The van der Waals surface area contributed by atoms with Gasteiger partial charge in [-0.3, -0.25) is 0 Å². The molecule has 1 aromatic heterocycles. The Kier molecular flexibility index (Phi) is 2.83. The SMILES string of the molecule is O=C(O)Oc1ccc(B(O)O)cn1. The molecule has 0 aliphatic heterocycles. The van der Waals surface area contributed by atoms with E-state index in [1.807, 2.05) is 0 Å². The summed E-state index contributed by atoms with van der Waals surface area (Å²) in [7, 11) is -1.62. The zero-order valence-electron chi connectivity index (χ0n) is 6.41. The van der Waals surface area contributed by atoms with Crippen LogP contribution in [0.3, 0.4) is 0 Å². The molecule has 3 N–H and O–H groups in total. The van der Waals surface area contributed by atoms with E-state index in [4.69, 9.17) is 15.2 Å². The zero-order valence-corrected chi connectivity index (χ0v) is 6.41. The molecule has 0 radical (unpaired) electrons. The fourth-order valence-electron chi connectivity index (χ4n) is 0.694. The second kappa shape index (κ2) is 3.88. The summed E-state index contributed by atoms with van der Waals surface area (Å²) in [6, 6.07) is 2.53. The molecule has 6 nitrogen and oxygen atoms in total. The average molecular weight is 183 g/mol. The molecule has 0 fully saturated rings. The first kappa shape index (κ1) is 9.49. The highest BCUT2D eigenvalue weighted by Crippen LogP contribution is 2.02. The van der Waals surface area contributed by atoms with Gasteiger partial charge in [0, 0.05) is 17.7 Å². The van der Waals surface area contributed by atoms with E-state index in [-0.39, 0.29) is 11.3 Å². The molecule has 0 amide bonds. The molecule has 0 unspecified atom stereocenters. The van der Waals surface area contributed by atoms with Gasteiger partial charge >= 0.3 is 13.3 Å². The molecule has 1 heterocycles. The number of rotatable bonds is 2. The fraction of sp³-hybridized carbons (Fsp3) is 0. The number of aromatic nitrogens is 1. The van der Waals surface area contributed by atoms with Crippen molar-refractivity contribution in [3.63, 3.8) is 0 Å². The van der Waals surface area contributed by atoms with E-state index in [9.17, 15) is 4.79 Å². The van der Waals surface area contributed by atoms with E-state index in [1.165, 1.54) is 12.1 Å². The van der Waals surface area contributed by atoms with Crippen molar-refractivity contribution in [1.29, 1.82) is 0 Å². The second-order valence-corrected chi connectivity index (χ2v) is 2.17. The lowest BCUT2D eigenvalue weighted by atomic mass is 9.82. The lowest BCUT2D eigenvalue weighted by molar-refractivity contribution is 0.142. The molecule has 0 saturated heterocycles. The van der Waals surface area contributed by atoms with Crippen LogP contribution in [0.1, 0.15) is 0 Å². The molecule has 0 saturated carbocycles. The molecule has 13 heavy (non-hydrogen) atoms. The van der Waals surface area contributed by atoms with Crippen LogP contribution in [-0.2, 0) is 0 Å². The molecular formula is C6H6BNO5. The van der Waals surface area contributed by atoms with Gasteiger partial charge in [-0.05, 0) is 0 Å². The summed E-state index contributed by atoms with van der Waals surface area (Å²) in [6.07, 6.45) is -0.354. The molecule has 0 aliphatic rings. The second-order valence-electron chi connectivity index (χ2n) is 2.17. The van der Waals surface area contributed by atoms with Crippen molar-refractivity contribution in [2.45, 2.75) is 0 Å². The Balaban J connectivity index is 2.75. The van der Waals surface area contributed by atoms with E-state index in [0.717, 1.165) is 6.20 Å². The van der Waals surface area contributed by atoms with Gasteiger partial charge in [0.15, 0.2) is 0 Å². The average Bonchev–Trinajstić information content (AvgIpc) is 2.04. The lowest BCUT2D eigenvalue weighted by Crippen LogP contribution is -2.29. The number of carboxylic acid groups (broad SMARTS) is 1. The molecule has 68 valence electrons. The van der Waals surface area contributed by atoms with Crippen molar-refractivity contribution in [3.8, 4) is 5.88 Å². The van der Waals surface area contributed by atoms with Crippen LogP contribution in [0.4, 0.5) is 4.79 Å². The highest BCUT2D eigenvalue weighted by Gasteiger charge is 2.11. The molecule has 1 aromatic rings. The Morgan fingerprint density at radius 1 is 1.46 bits per heavy atom. The van der Waals surface area contributed by atoms with Crippen LogP contribution in [0, 0.1) is 0 Å². The molecule has 0 aliphatic carbocycles. The highest BCUT2D eigenvalue weighted by molar-refractivity contribution is 6.58. The number of carbonyl (C=O) groups is 1. The Morgan fingerprint density at radius 2 is 2.15 bits per heavy atom. The van der Waals surface area contributed by atoms with Crippen LogP contribution in [0.2, 0.25) is 0 Å². The van der Waals surface area contributed by atoms with E-state index < -0.39 is 13.3 Å². The largest absolute Gasteiger partial charge is 0.512 e. The molecule has 1 rings (SSSR count). The van der Waals surface area contributed by atoms with Crippen LogP contribution in [0.25, 0.3) is 0 Å². The van der Waals surface area contributed by atoms with Crippen LogP contribution in [0.5, 0.6) is 5.88 Å². The monoisotopic (exact) mass is 183 g/mol. The number of nitrogens with zero attached hydrogens (tertiary/aromatic N) is 1. The van der Waals surface area contributed by atoms with Crippen LogP contribution < -0.4 is 10.2 Å². The third-order valence-electron chi connectivity index (χ3n) is 1.25. The van der Waals surface area contributed by atoms with Crippen molar-refractivity contribution < 1.29 is 24.7 Å². The summed E-state index contributed by atoms with van der Waals surface area (Å²) in [5.41, 5.74) is 0.165. The smallest absolute Gasteiger partial charge is 0.449 e. The Morgan fingerprint density at radius 3 is 2.54 bits per heavy atom. The topological polar surface area (TPSA) is 99.9 Å². The molecular weight excluding hydrogens is 177 g/mol. The number of hydrogen-bond acceptors (Lipinski definition) is 5. The molecule has 0 spiro atoms. The number of hydrogen-bond donors (Lipinski definition) is 3. The predicted molar refractivity (Wildman–Crippen MR) is 42.7 cm³/mol. The van der Waals surface area contributed by atoms with Crippen LogP contribution in [-0.4, -0.2) is 33.4 Å². The van der Waals surface area contributed by atoms with Gasteiger partial charge in [0.2, 0.25) is 5.88 Å². The first-order valence-corrected chi connectivity index (χ1v) is 3.32. The summed E-state index contributed by atoms with van der Waals surface area (Å²) >= 11 is 0. The van der Waals surface area contributed by atoms with Gasteiger partial charge in [-0.15, -0.1) is 0 Å². The van der Waals surface area contributed by atoms with E-state index >= 15 is 0 Å². The van der Waals surface area contributed by atoms with Gasteiger partial charge in [-0.25, -0.2) is 9.78 Å². The van der Waals surface area contributed by atoms with Crippen molar-refractivity contribution >= 4 is 18.7 Å². The quantitative estimate of drug-likeness (QED) is 0.394. The standard InChI is InChI=1S/C6H6BNO5/c9-6(10)13-5-2-1-4(3-8-5)7(11)12/h1-3,11-12H,(H,9,10). The lowest BCUT2D eigenvalue weighted by Gasteiger charge is -2.00. The fourth-order valence-corrected chi connectivity index (χ4v) is 0.694. The summed E-state index contributed by atoms with van der Waals surface area (Å²) in [5, 5.41) is 25.5. The normalized spacial score (nSPS) is 9.38. The minimum atomic E-state index is -1.62. The van der Waals surface area contributed by atoms with Gasteiger partial charge in [-0.2, -0.15) is 0 Å². The van der Waals surface area contributed by atoms with Crippen molar-refractivity contribution in [2.75, 3.05) is 0 Å². The zero-order chi connectivity index (χ0) is 9.84. The van der Waals surface area contributed by atoms with Gasteiger partial charge in [-0.1, -0.05) is 6.07 Å². The van der Waals surface area contributed by atoms with Gasteiger partial charge in [0.25, 0.3) is 0 Å². The Bertz CT molecular complexity index is 298. The Hall–Kier alpha value is -1.60. The summed E-state index contributed by atoms with van der Waals surface area (Å²) in [4.78, 5) is 13.5. The number of pyridine rings is 1. The van der Waals surface area contributed by atoms with Gasteiger partial charge in [0.05, 0.1) is 0 Å². The van der Waals surface area contributed by atoms with Gasteiger partial charge in [0.1, 0.15) is 0 Å². The maximum Gasteiger partial charge on any atom is 0.512 e.